The highest BCUT2D eigenvalue weighted by atomic mass is 35.5. The molecule has 0 radical (unpaired) electrons. The highest BCUT2D eigenvalue weighted by Gasteiger charge is 2.22. The molecule has 0 unspecified atom stereocenters. The Morgan fingerprint density at radius 2 is 1.69 bits per heavy atom. The SMILES string of the molecule is CCOC(=O)c1cc(C(=O)c2ccc(Cl)cc2)n2c1ccc1cc(OC)ccc12. The number of rotatable bonds is 5. The Hall–Kier alpha value is -3.31. The molecule has 0 bridgehead atoms. The zero-order valence-corrected chi connectivity index (χ0v) is 16.7. The smallest absolute Gasteiger partial charge is 0.340 e. The van der Waals surface area contributed by atoms with Crippen molar-refractivity contribution < 1.29 is 19.1 Å². The molecular formula is C23H18ClNO4. The molecule has 29 heavy (non-hydrogen) atoms. The van der Waals surface area contributed by atoms with Crippen LogP contribution >= 0.6 is 11.6 Å². The van der Waals surface area contributed by atoms with E-state index in [1.54, 1.807) is 48.8 Å². The molecular weight excluding hydrogens is 390 g/mol. The topological polar surface area (TPSA) is 57.0 Å². The van der Waals surface area contributed by atoms with Crippen LogP contribution in [0.15, 0.2) is 60.7 Å². The molecule has 0 N–H and O–H groups in total. The van der Waals surface area contributed by atoms with Gasteiger partial charge in [0, 0.05) is 16.0 Å². The summed E-state index contributed by atoms with van der Waals surface area (Å²) in [5.74, 6) is 0.0313. The van der Waals surface area contributed by atoms with Gasteiger partial charge in [-0.15, -0.1) is 0 Å². The number of halogens is 1. The fourth-order valence-corrected chi connectivity index (χ4v) is 3.53. The largest absolute Gasteiger partial charge is 0.497 e. The molecule has 0 fully saturated rings. The van der Waals surface area contributed by atoms with Crippen LogP contribution < -0.4 is 4.74 Å². The lowest BCUT2D eigenvalue weighted by Crippen LogP contribution is -2.05. The summed E-state index contributed by atoms with van der Waals surface area (Å²) in [6.45, 7) is 2.00. The van der Waals surface area contributed by atoms with Crippen molar-refractivity contribution >= 4 is 39.8 Å². The zero-order chi connectivity index (χ0) is 20.5. The first-order valence-corrected chi connectivity index (χ1v) is 9.51. The summed E-state index contributed by atoms with van der Waals surface area (Å²) in [4.78, 5) is 25.8. The number of methoxy groups -OCH3 is 1. The third-order valence-corrected chi connectivity index (χ3v) is 5.02. The van der Waals surface area contributed by atoms with Gasteiger partial charge < -0.3 is 13.9 Å². The lowest BCUT2D eigenvalue weighted by Gasteiger charge is -2.09. The van der Waals surface area contributed by atoms with E-state index in [1.807, 2.05) is 30.3 Å². The molecule has 2 aromatic heterocycles. The van der Waals surface area contributed by atoms with Crippen LogP contribution in [-0.2, 0) is 4.74 Å². The minimum atomic E-state index is -0.465. The lowest BCUT2D eigenvalue weighted by molar-refractivity contribution is 0.0529. The van der Waals surface area contributed by atoms with E-state index in [-0.39, 0.29) is 12.4 Å². The lowest BCUT2D eigenvalue weighted by atomic mass is 10.1. The predicted octanol–water partition coefficient (Wildman–Crippen LogP) is 5.16. The number of hydrogen-bond acceptors (Lipinski definition) is 4. The molecule has 4 aromatic rings. The number of ether oxygens (including phenoxy) is 2. The van der Waals surface area contributed by atoms with Gasteiger partial charge in [0.15, 0.2) is 0 Å². The number of aromatic nitrogens is 1. The number of carbonyl (C=O) groups excluding carboxylic acids is 2. The summed E-state index contributed by atoms with van der Waals surface area (Å²) in [7, 11) is 1.60. The van der Waals surface area contributed by atoms with Gasteiger partial charge in [0.1, 0.15) is 5.75 Å². The molecule has 0 aliphatic carbocycles. The second-order valence-electron chi connectivity index (χ2n) is 6.48. The Kier molecular flexibility index (Phi) is 4.99. The van der Waals surface area contributed by atoms with E-state index < -0.39 is 5.97 Å². The third-order valence-electron chi connectivity index (χ3n) is 4.77. The minimum Gasteiger partial charge on any atom is -0.497 e. The molecule has 4 rings (SSSR count). The molecule has 0 saturated heterocycles. The van der Waals surface area contributed by atoms with Crippen LogP contribution in [0.1, 0.15) is 33.3 Å². The van der Waals surface area contributed by atoms with E-state index in [0.29, 0.717) is 33.1 Å². The van der Waals surface area contributed by atoms with Crippen molar-refractivity contribution in [3.63, 3.8) is 0 Å². The summed E-state index contributed by atoms with van der Waals surface area (Å²) in [5.41, 5.74) is 2.60. The van der Waals surface area contributed by atoms with E-state index >= 15 is 0 Å². The second-order valence-corrected chi connectivity index (χ2v) is 6.91. The number of pyridine rings is 1. The Morgan fingerprint density at radius 1 is 0.966 bits per heavy atom. The normalized spacial score (nSPS) is 11.0. The van der Waals surface area contributed by atoms with E-state index in [4.69, 9.17) is 21.1 Å². The van der Waals surface area contributed by atoms with Gasteiger partial charge in [0.2, 0.25) is 5.78 Å². The molecule has 0 spiro atoms. The van der Waals surface area contributed by atoms with Crippen molar-refractivity contribution in [2.24, 2.45) is 0 Å². The molecule has 146 valence electrons. The summed E-state index contributed by atoms with van der Waals surface area (Å²) in [5, 5.41) is 1.43. The number of ketones is 1. The number of nitrogens with zero attached hydrogens (tertiary/aromatic N) is 1. The Labute approximate surface area is 172 Å². The molecule has 2 heterocycles. The zero-order valence-electron chi connectivity index (χ0n) is 15.9. The van der Waals surface area contributed by atoms with Crippen molar-refractivity contribution in [3.05, 3.63) is 82.5 Å². The van der Waals surface area contributed by atoms with Crippen LogP contribution in [-0.4, -0.2) is 29.9 Å². The van der Waals surface area contributed by atoms with E-state index in [2.05, 4.69) is 0 Å². The first-order chi connectivity index (χ1) is 14.0. The first kappa shape index (κ1) is 19.0. The maximum atomic E-state index is 13.3. The quantitative estimate of drug-likeness (QED) is 0.338. The molecule has 0 aliphatic rings. The number of benzene rings is 2. The van der Waals surface area contributed by atoms with Gasteiger partial charge >= 0.3 is 5.97 Å². The molecule has 5 nitrogen and oxygen atoms in total. The standard InChI is InChI=1S/C23H18ClNO4/c1-3-29-23(27)18-13-21(22(26)14-4-7-16(24)8-5-14)25-19-11-9-17(28-2)12-15(19)6-10-20(18)25/h4-13H,3H2,1-2H3. The van der Waals surface area contributed by atoms with Crippen molar-refractivity contribution in [2.75, 3.05) is 13.7 Å². The van der Waals surface area contributed by atoms with Crippen LogP contribution in [0.3, 0.4) is 0 Å². The number of esters is 1. The van der Waals surface area contributed by atoms with Gasteiger partial charge in [-0.3, -0.25) is 4.79 Å². The fraction of sp³-hybridized carbons (Fsp3) is 0.130. The van der Waals surface area contributed by atoms with Gasteiger partial charge in [0.25, 0.3) is 0 Å². The highest BCUT2D eigenvalue weighted by Crippen LogP contribution is 2.28. The molecule has 0 aliphatic heterocycles. The summed E-state index contributed by atoms with van der Waals surface area (Å²) in [6.07, 6.45) is 0. The van der Waals surface area contributed by atoms with Crippen molar-refractivity contribution in [1.29, 1.82) is 0 Å². The molecule has 0 amide bonds. The number of carbonyl (C=O) groups is 2. The maximum Gasteiger partial charge on any atom is 0.340 e. The Bertz CT molecular complexity index is 1240. The second kappa shape index (κ2) is 7.60. The van der Waals surface area contributed by atoms with Gasteiger partial charge in [0.05, 0.1) is 36.0 Å². The van der Waals surface area contributed by atoms with Crippen LogP contribution in [0.4, 0.5) is 0 Å². The Balaban J connectivity index is 2.00. The fourth-order valence-electron chi connectivity index (χ4n) is 3.40. The van der Waals surface area contributed by atoms with E-state index in [9.17, 15) is 9.59 Å². The molecule has 0 atom stereocenters. The van der Waals surface area contributed by atoms with Crippen molar-refractivity contribution in [1.82, 2.24) is 4.40 Å². The minimum absolute atomic E-state index is 0.212. The number of hydrogen-bond donors (Lipinski definition) is 0. The van der Waals surface area contributed by atoms with Gasteiger partial charge in [-0.05, 0) is 61.5 Å². The summed E-state index contributed by atoms with van der Waals surface area (Å²) < 4.78 is 12.3. The average molecular weight is 408 g/mol. The Morgan fingerprint density at radius 3 is 2.38 bits per heavy atom. The number of fused-ring (bicyclic) bond motifs is 3. The van der Waals surface area contributed by atoms with E-state index in [0.717, 1.165) is 10.9 Å². The van der Waals surface area contributed by atoms with Crippen LogP contribution in [0.25, 0.3) is 16.4 Å². The summed E-state index contributed by atoms with van der Waals surface area (Å²) >= 11 is 5.95. The maximum absolute atomic E-state index is 13.3. The molecule has 6 heteroatoms. The van der Waals surface area contributed by atoms with Crippen molar-refractivity contribution in [3.8, 4) is 5.75 Å². The van der Waals surface area contributed by atoms with E-state index in [1.165, 1.54) is 0 Å². The predicted molar refractivity (Wildman–Crippen MR) is 112 cm³/mol. The summed E-state index contributed by atoms with van der Waals surface area (Å²) in [6, 6.07) is 17.5. The van der Waals surface area contributed by atoms with Gasteiger partial charge in [-0.2, -0.15) is 0 Å². The van der Waals surface area contributed by atoms with Crippen molar-refractivity contribution in [2.45, 2.75) is 6.92 Å². The van der Waals surface area contributed by atoms with Gasteiger partial charge in [-0.1, -0.05) is 17.7 Å². The molecule has 2 aromatic carbocycles. The van der Waals surface area contributed by atoms with Gasteiger partial charge in [-0.25, -0.2) is 4.79 Å². The van der Waals surface area contributed by atoms with Crippen LogP contribution in [0.2, 0.25) is 5.02 Å². The monoisotopic (exact) mass is 407 g/mol. The van der Waals surface area contributed by atoms with Crippen LogP contribution in [0, 0.1) is 0 Å². The first-order valence-electron chi connectivity index (χ1n) is 9.13. The average Bonchev–Trinajstić information content (AvgIpc) is 3.13. The molecule has 0 saturated carbocycles. The third kappa shape index (κ3) is 3.34. The van der Waals surface area contributed by atoms with Crippen LogP contribution in [0.5, 0.6) is 5.75 Å². The highest BCUT2D eigenvalue weighted by molar-refractivity contribution is 6.30.